The van der Waals surface area contributed by atoms with Gasteiger partial charge in [-0.05, 0) is 13.3 Å². The van der Waals surface area contributed by atoms with Crippen LogP contribution >= 0.6 is 0 Å². The predicted molar refractivity (Wildman–Crippen MR) is 154 cm³/mol. The lowest BCUT2D eigenvalue weighted by atomic mass is 10.1. The maximum Gasteiger partial charge on any atom is 0.333 e. The van der Waals surface area contributed by atoms with Gasteiger partial charge in [0.1, 0.15) is 13.2 Å². The van der Waals surface area contributed by atoms with Crippen LogP contribution < -0.4 is 0 Å². The summed E-state index contributed by atoms with van der Waals surface area (Å²) in [5.74, 6) is -0.679. The van der Waals surface area contributed by atoms with Gasteiger partial charge in [0.05, 0.1) is 125 Å². The molecule has 0 bridgehead atoms. The van der Waals surface area contributed by atoms with E-state index in [1.807, 2.05) is 13.8 Å². The average molecular weight is 611 g/mol. The first-order chi connectivity index (χ1) is 20.5. The van der Waals surface area contributed by atoms with Crippen LogP contribution in [0.4, 0.5) is 0 Å². The van der Waals surface area contributed by atoms with Gasteiger partial charge in [-0.1, -0.05) is 20.4 Å². The topological polar surface area (TPSA) is 136 Å². The Balaban J connectivity index is 3.11. The molecular formula is C29H54O13. The molecule has 0 radical (unpaired) electrons. The lowest BCUT2D eigenvalue weighted by molar-refractivity contribution is -0.149. The van der Waals surface area contributed by atoms with Crippen LogP contribution in [0.1, 0.15) is 27.2 Å². The van der Waals surface area contributed by atoms with Crippen LogP contribution in [-0.4, -0.2) is 144 Å². The zero-order valence-corrected chi connectivity index (χ0v) is 25.9. The summed E-state index contributed by atoms with van der Waals surface area (Å²) in [7, 11) is 0. The van der Waals surface area contributed by atoms with E-state index in [0.29, 0.717) is 124 Å². The van der Waals surface area contributed by atoms with E-state index >= 15 is 0 Å². The van der Waals surface area contributed by atoms with E-state index in [2.05, 4.69) is 6.58 Å². The molecule has 0 N–H and O–H groups in total. The van der Waals surface area contributed by atoms with E-state index in [0.717, 1.165) is 6.42 Å². The van der Waals surface area contributed by atoms with Crippen molar-refractivity contribution in [2.45, 2.75) is 27.2 Å². The molecule has 0 aromatic rings. The van der Waals surface area contributed by atoms with Crippen LogP contribution in [0.2, 0.25) is 0 Å². The summed E-state index contributed by atoms with van der Waals surface area (Å²) in [6, 6.07) is 0. The van der Waals surface area contributed by atoms with Crippen molar-refractivity contribution in [3.8, 4) is 0 Å². The Bertz CT molecular complexity index is 633. The fourth-order valence-electron chi connectivity index (χ4n) is 2.69. The minimum absolute atomic E-state index is 0.0761. The molecule has 1 unspecified atom stereocenters. The molecule has 248 valence electrons. The van der Waals surface area contributed by atoms with Gasteiger partial charge in [-0.3, -0.25) is 4.79 Å². The second kappa shape index (κ2) is 32.2. The first-order valence-corrected chi connectivity index (χ1v) is 14.7. The molecule has 0 aliphatic carbocycles. The molecule has 0 aliphatic heterocycles. The number of carbonyl (C=O) groups is 2. The number of esters is 2. The van der Waals surface area contributed by atoms with Gasteiger partial charge in [-0.25, -0.2) is 4.79 Å². The highest BCUT2D eigenvalue weighted by Gasteiger charge is 2.11. The maximum absolute atomic E-state index is 11.5. The Kier molecular flexibility index (Phi) is 30.9. The van der Waals surface area contributed by atoms with Crippen LogP contribution in [0.15, 0.2) is 12.2 Å². The molecule has 0 fully saturated rings. The van der Waals surface area contributed by atoms with Crippen LogP contribution in [0.5, 0.6) is 0 Å². The molecule has 13 heteroatoms. The van der Waals surface area contributed by atoms with Crippen molar-refractivity contribution < 1.29 is 61.7 Å². The summed E-state index contributed by atoms with van der Waals surface area (Å²) in [5, 5.41) is 0. The Hall–Kier alpha value is -1.68. The number of carbonyl (C=O) groups excluding carboxylic acids is 2. The summed E-state index contributed by atoms with van der Waals surface area (Å²) in [5.41, 5.74) is 0.368. The third kappa shape index (κ3) is 29.8. The lowest BCUT2D eigenvalue weighted by Gasteiger charge is -2.10. The number of ether oxygens (including phenoxy) is 11. The molecule has 0 saturated heterocycles. The Morgan fingerprint density at radius 2 is 0.714 bits per heavy atom. The van der Waals surface area contributed by atoms with Crippen molar-refractivity contribution in [3.63, 3.8) is 0 Å². The fourth-order valence-corrected chi connectivity index (χ4v) is 2.69. The Morgan fingerprint density at radius 3 is 0.952 bits per heavy atom. The monoisotopic (exact) mass is 610 g/mol. The van der Waals surface area contributed by atoms with E-state index in [1.54, 1.807) is 6.92 Å². The van der Waals surface area contributed by atoms with Gasteiger partial charge in [0.25, 0.3) is 0 Å². The van der Waals surface area contributed by atoms with Crippen LogP contribution in [0, 0.1) is 5.92 Å². The second-order valence-electron chi connectivity index (χ2n) is 8.90. The molecule has 1 atom stereocenters. The minimum Gasteiger partial charge on any atom is -0.463 e. The molecule has 0 saturated carbocycles. The van der Waals surface area contributed by atoms with Crippen molar-refractivity contribution in [2.24, 2.45) is 5.92 Å². The second-order valence-corrected chi connectivity index (χ2v) is 8.90. The first-order valence-electron chi connectivity index (χ1n) is 14.7. The SMILES string of the molecule is C=C(C)C(=O)OCCOCCOCCOCCOCCOCCOCCOCCOCCOCCOC(=O)C(C)CC. The van der Waals surface area contributed by atoms with Crippen molar-refractivity contribution in [3.05, 3.63) is 12.2 Å². The highest BCUT2D eigenvalue weighted by atomic mass is 16.6. The Labute approximate surface area is 251 Å². The highest BCUT2D eigenvalue weighted by Crippen LogP contribution is 2.02. The van der Waals surface area contributed by atoms with Gasteiger partial charge in [-0.2, -0.15) is 0 Å². The van der Waals surface area contributed by atoms with Gasteiger partial charge >= 0.3 is 11.9 Å². The van der Waals surface area contributed by atoms with E-state index in [1.165, 1.54) is 0 Å². The molecule has 42 heavy (non-hydrogen) atoms. The largest absolute Gasteiger partial charge is 0.463 e. The standard InChI is InChI=1S/C29H54O13/c1-5-27(4)29(31)42-25-23-40-21-19-38-17-15-36-13-11-34-9-7-32-6-8-33-10-12-35-14-16-37-18-20-39-22-24-41-28(30)26(2)3/h27H,2,5-25H2,1,3-4H3. The van der Waals surface area contributed by atoms with E-state index < -0.39 is 5.97 Å². The third-order valence-electron chi connectivity index (χ3n) is 5.27. The number of hydrogen-bond acceptors (Lipinski definition) is 13. The normalized spacial score (nSPS) is 11.9. The van der Waals surface area contributed by atoms with E-state index in [-0.39, 0.29) is 25.1 Å². The maximum atomic E-state index is 11.5. The van der Waals surface area contributed by atoms with Crippen LogP contribution in [0.3, 0.4) is 0 Å². The molecule has 0 heterocycles. The summed E-state index contributed by atoms with van der Waals surface area (Å²) >= 11 is 0. The summed E-state index contributed by atoms with van der Waals surface area (Å²) in [6.45, 7) is 17.6. The van der Waals surface area contributed by atoms with Gasteiger partial charge < -0.3 is 52.1 Å². The van der Waals surface area contributed by atoms with Crippen molar-refractivity contribution in [1.82, 2.24) is 0 Å². The third-order valence-corrected chi connectivity index (χ3v) is 5.27. The van der Waals surface area contributed by atoms with Gasteiger partial charge in [0, 0.05) is 5.57 Å². The molecule has 0 rings (SSSR count). The highest BCUT2D eigenvalue weighted by molar-refractivity contribution is 5.86. The number of rotatable bonds is 33. The van der Waals surface area contributed by atoms with Crippen LogP contribution in [-0.2, 0) is 61.7 Å². The summed E-state index contributed by atoms with van der Waals surface area (Å²) < 4.78 is 58.6. The van der Waals surface area contributed by atoms with Gasteiger partial charge in [0.15, 0.2) is 0 Å². The number of hydrogen-bond donors (Lipinski definition) is 0. The van der Waals surface area contributed by atoms with Crippen molar-refractivity contribution >= 4 is 11.9 Å². The van der Waals surface area contributed by atoms with Crippen molar-refractivity contribution in [1.29, 1.82) is 0 Å². The smallest absolute Gasteiger partial charge is 0.333 e. The molecule has 0 aromatic heterocycles. The quantitative estimate of drug-likeness (QED) is 0.0608. The molecular weight excluding hydrogens is 556 g/mol. The van der Waals surface area contributed by atoms with Gasteiger partial charge in [-0.15, -0.1) is 0 Å². The fraction of sp³-hybridized carbons (Fsp3) is 0.862. The zero-order chi connectivity index (χ0) is 30.9. The summed E-state index contributed by atoms with van der Waals surface area (Å²) in [6.07, 6.45) is 0.768. The molecule has 0 amide bonds. The van der Waals surface area contributed by atoms with Crippen LogP contribution in [0.25, 0.3) is 0 Å². The Morgan fingerprint density at radius 1 is 0.476 bits per heavy atom. The first kappa shape index (κ1) is 40.3. The van der Waals surface area contributed by atoms with E-state index in [4.69, 9.17) is 52.1 Å². The molecule has 13 nitrogen and oxygen atoms in total. The zero-order valence-electron chi connectivity index (χ0n) is 25.9. The van der Waals surface area contributed by atoms with Crippen molar-refractivity contribution in [2.75, 3.05) is 132 Å². The molecule has 0 aliphatic rings. The van der Waals surface area contributed by atoms with E-state index in [9.17, 15) is 9.59 Å². The summed E-state index contributed by atoms with van der Waals surface area (Å²) in [4.78, 5) is 22.7. The van der Waals surface area contributed by atoms with Gasteiger partial charge in [0.2, 0.25) is 0 Å². The average Bonchev–Trinajstić information content (AvgIpc) is 2.99. The minimum atomic E-state index is -0.415. The molecule has 0 aromatic carbocycles. The predicted octanol–water partition coefficient (Wildman–Crippen LogP) is 1.84. The molecule has 0 spiro atoms. The lowest BCUT2D eigenvalue weighted by Crippen LogP contribution is -2.18.